The lowest BCUT2D eigenvalue weighted by molar-refractivity contribution is 0.412. The van der Waals surface area contributed by atoms with Crippen LogP contribution < -0.4 is 4.74 Å². The van der Waals surface area contributed by atoms with Gasteiger partial charge in [-0.05, 0) is 36.4 Å². The maximum absolute atomic E-state index is 9.70. The monoisotopic (exact) mass is 277 g/mol. The van der Waals surface area contributed by atoms with E-state index in [2.05, 4.69) is 4.99 Å². The van der Waals surface area contributed by atoms with E-state index >= 15 is 0 Å². The molecule has 19 heavy (non-hydrogen) atoms. The fourth-order valence-electron chi connectivity index (χ4n) is 1.50. The van der Waals surface area contributed by atoms with E-state index in [1.54, 1.807) is 18.2 Å². The van der Waals surface area contributed by atoms with Crippen molar-refractivity contribution in [2.45, 2.75) is 0 Å². The SMILES string of the molecule is COc1ccc(O)c(C=Nc2cc(Cl)ccc2O)c1. The van der Waals surface area contributed by atoms with Crippen molar-refractivity contribution < 1.29 is 14.9 Å². The molecule has 0 saturated carbocycles. The summed E-state index contributed by atoms with van der Waals surface area (Å²) < 4.78 is 5.06. The Morgan fingerprint density at radius 1 is 1.11 bits per heavy atom. The summed E-state index contributed by atoms with van der Waals surface area (Å²) >= 11 is 5.82. The topological polar surface area (TPSA) is 62.0 Å². The molecule has 98 valence electrons. The summed E-state index contributed by atoms with van der Waals surface area (Å²) in [5.41, 5.74) is 0.813. The molecule has 0 aromatic heterocycles. The van der Waals surface area contributed by atoms with Gasteiger partial charge < -0.3 is 14.9 Å². The smallest absolute Gasteiger partial charge is 0.141 e. The number of phenolic OH excluding ortho intramolecular Hbond substituents is 2. The molecule has 0 bridgehead atoms. The molecule has 0 aliphatic rings. The molecule has 2 rings (SSSR count). The largest absolute Gasteiger partial charge is 0.507 e. The molecule has 0 heterocycles. The van der Waals surface area contributed by atoms with Gasteiger partial charge in [0.05, 0.1) is 7.11 Å². The van der Waals surface area contributed by atoms with Gasteiger partial charge in [-0.25, -0.2) is 0 Å². The lowest BCUT2D eigenvalue weighted by atomic mass is 10.2. The van der Waals surface area contributed by atoms with E-state index in [4.69, 9.17) is 16.3 Å². The number of aliphatic imine (C=N–C) groups is 1. The van der Waals surface area contributed by atoms with Crippen molar-refractivity contribution in [3.63, 3.8) is 0 Å². The molecule has 0 atom stereocenters. The zero-order valence-electron chi connectivity index (χ0n) is 10.2. The predicted octanol–water partition coefficient (Wildman–Crippen LogP) is 3.51. The predicted molar refractivity (Wildman–Crippen MR) is 75.0 cm³/mol. The molecule has 2 aromatic rings. The number of hydrogen-bond acceptors (Lipinski definition) is 4. The van der Waals surface area contributed by atoms with Crippen LogP contribution in [0.3, 0.4) is 0 Å². The number of benzene rings is 2. The third-order valence-corrected chi connectivity index (χ3v) is 2.75. The zero-order chi connectivity index (χ0) is 13.8. The van der Waals surface area contributed by atoms with Crippen molar-refractivity contribution in [3.05, 3.63) is 47.0 Å². The summed E-state index contributed by atoms with van der Waals surface area (Å²) in [4.78, 5) is 4.10. The van der Waals surface area contributed by atoms with Crippen molar-refractivity contribution >= 4 is 23.5 Å². The van der Waals surface area contributed by atoms with Crippen molar-refractivity contribution in [3.8, 4) is 17.2 Å². The van der Waals surface area contributed by atoms with Crippen LogP contribution >= 0.6 is 11.6 Å². The van der Waals surface area contributed by atoms with Crippen molar-refractivity contribution in [1.29, 1.82) is 0 Å². The van der Waals surface area contributed by atoms with Gasteiger partial charge >= 0.3 is 0 Å². The lowest BCUT2D eigenvalue weighted by Crippen LogP contribution is -1.87. The summed E-state index contributed by atoms with van der Waals surface area (Å²) in [6.07, 6.45) is 1.43. The van der Waals surface area contributed by atoms with Gasteiger partial charge in [0.1, 0.15) is 22.9 Å². The van der Waals surface area contributed by atoms with E-state index in [0.29, 0.717) is 22.0 Å². The van der Waals surface area contributed by atoms with Gasteiger partial charge in [0.15, 0.2) is 0 Å². The summed E-state index contributed by atoms with van der Waals surface area (Å²) in [6.45, 7) is 0. The average molecular weight is 278 g/mol. The maximum atomic E-state index is 9.70. The highest BCUT2D eigenvalue weighted by Crippen LogP contribution is 2.30. The van der Waals surface area contributed by atoms with Crippen molar-refractivity contribution in [2.75, 3.05) is 7.11 Å². The quantitative estimate of drug-likeness (QED) is 0.844. The lowest BCUT2D eigenvalue weighted by Gasteiger charge is -2.03. The first kappa shape index (κ1) is 13.2. The van der Waals surface area contributed by atoms with Crippen LogP contribution in [-0.4, -0.2) is 23.5 Å². The van der Waals surface area contributed by atoms with Gasteiger partial charge in [-0.1, -0.05) is 11.6 Å². The molecule has 0 amide bonds. The first-order valence-corrected chi connectivity index (χ1v) is 5.87. The molecule has 4 nitrogen and oxygen atoms in total. The molecule has 5 heteroatoms. The molecule has 0 spiro atoms. The van der Waals surface area contributed by atoms with Crippen molar-refractivity contribution in [2.24, 2.45) is 4.99 Å². The molecule has 0 saturated heterocycles. The Hall–Kier alpha value is -2.20. The van der Waals surface area contributed by atoms with Crippen LogP contribution in [0.15, 0.2) is 41.4 Å². The standard InChI is InChI=1S/C14H12ClNO3/c1-19-11-3-5-13(17)9(6-11)8-16-12-7-10(15)2-4-14(12)18/h2-8,17-18H,1H3. The molecular weight excluding hydrogens is 266 g/mol. The van der Waals surface area contributed by atoms with E-state index in [0.717, 1.165) is 0 Å². The second-order valence-electron chi connectivity index (χ2n) is 3.82. The third-order valence-electron chi connectivity index (χ3n) is 2.51. The average Bonchev–Trinajstić information content (AvgIpc) is 2.41. The Bertz CT molecular complexity index is 626. The Balaban J connectivity index is 2.34. The van der Waals surface area contributed by atoms with E-state index in [-0.39, 0.29) is 11.5 Å². The molecule has 0 aliphatic carbocycles. The Labute approximate surface area is 115 Å². The first-order valence-electron chi connectivity index (χ1n) is 5.50. The molecule has 0 radical (unpaired) electrons. The van der Waals surface area contributed by atoms with Crippen LogP contribution in [0.5, 0.6) is 17.2 Å². The molecular formula is C14H12ClNO3. The summed E-state index contributed by atoms with van der Waals surface area (Å²) in [5.74, 6) is 0.698. The molecule has 0 unspecified atom stereocenters. The third kappa shape index (κ3) is 3.17. The first-order chi connectivity index (χ1) is 9.10. The van der Waals surface area contributed by atoms with Gasteiger partial charge in [0, 0.05) is 16.8 Å². The van der Waals surface area contributed by atoms with E-state index < -0.39 is 0 Å². The summed E-state index contributed by atoms with van der Waals surface area (Å²) in [5, 5.41) is 19.8. The number of hydrogen-bond donors (Lipinski definition) is 2. The summed E-state index contributed by atoms with van der Waals surface area (Å²) in [6, 6.07) is 9.35. The fraction of sp³-hybridized carbons (Fsp3) is 0.0714. The van der Waals surface area contributed by atoms with Crippen LogP contribution in [0.1, 0.15) is 5.56 Å². The minimum absolute atomic E-state index is 0.0167. The maximum Gasteiger partial charge on any atom is 0.141 e. The highest BCUT2D eigenvalue weighted by molar-refractivity contribution is 6.30. The van der Waals surface area contributed by atoms with Crippen LogP contribution in [0.25, 0.3) is 0 Å². The number of ether oxygens (including phenoxy) is 1. The molecule has 2 N–H and O–H groups in total. The van der Waals surface area contributed by atoms with E-state index in [1.165, 1.54) is 31.5 Å². The molecule has 2 aromatic carbocycles. The molecule has 0 aliphatic heterocycles. The van der Waals surface area contributed by atoms with Crippen molar-refractivity contribution in [1.82, 2.24) is 0 Å². The number of halogens is 1. The number of aromatic hydroxyl groups is 2. The van der Waals surface area contributed by atoms with Gasteiger partial charge in [-0.3, -0.25) is 4.99 Å². The number of rotatable bonds is 3. The van der Waals surface area contributed by atoms with Gasteiger partial charge in [-0.15, -0.1) is 0 Å². The van der Waals surface area contributed by atoms with Crippen LogP contribution in [0.2, 0.25) is 5.02 Å². The zero-order valence-corrected chi connectivity index (χ0v) is 10.9. The minimum atomic E-state index is 0.0167. The van der Waals surface area contributed by atoms with E-state index in [9.17, 15) is 10.2 Å². The highest BCUT2D eigenvalue weighted by atomic mass is 35.5. The Kier molecular flexibility index (Phi) is 3.92. The van der Waals surface area contributed by atoms with Crippen LogP contribution in [0, 0.1) is 0 Å². The van der Waals surface area contributed by atoms with E-state index in [1.807, 2.05) is 0 Å². The number of methoxy groups -OCH3 is 1. The Morgan fingerprint density at radius 2 is 1.84 bits per heavy atom. The summed E-state index contributed by atoms with van der Waals surface area (Å²) in [7, 11) is 1.54. The number of nitrogens with zero attached hydrogens (tertiary/aromatic N) is 1. The second kappa shape index (κ2) is 5.63. The number of phenols is 2. The second-order valence-corrected chi connectivity index (χ2v) is 4.25. The van der Waals surface area contributed by atoms with Crippen LogP contribution in [-0.2, 0) is 0 Å². The van der Waals surface area contributed by atoms with Gasteiger partial charge in [0.25, 0.3) is 0 Å². The minimum Gasteiger partial charge on any atom is -0.507 e. The normalized spacial score (nSPS) is 10.8. The van der Waals surface area contributed by atoms with Gasteiger partial charge in [0.2, 0.25) is 0 Å². The Morgan fingerprint density at radius 3 is 2.58 bits per heavy atom. The molecule has 0 fully saturated rings. The highest BCUT2D eigenvalue weighted by Gasteiger charge is 2.03. The van der Waals surface area contributed by atoms with Crippen LogP contribution in [0.4, 0.5) is 5.69 Å². The fourth-order valence-corrected chi connectivity index (χ4v) is 1.67. The van der Waals surface area contributed by atoms with Gasteiger partial charge in [-0.2, -0.15) is 0 Å².